The number of rotatable bonds is 7. The second kappa shape index (κ2) is 7.44. The Morgan fingerprint density at radius 2 is 2.05 bits per heavy atom. The highest BCUT2D eigenvalue weighted by atomic mass is 16.5. The Morgan fingerprint density at radius 3 is 2.68 bits per heavy atom. The Labute approximate surface area is 129 Å². The molecule has 7 heteroatoms. The van der Waals surface area contributed by atoms with E-state index in [9.17, 15) is 4.79 Å². The van der Waals surface area contributed by atoms with Crippen molar-refractivity contribution in [1.82, 2.24) is 20.5 Å². The summed E-state index contributed by atoms with van der Waals surface area (Å²) in [5.41, 5.74) is 0.955. The van der Waals surface area contributed by atoms with Gasteiger partial charge < -0.3 is 15.4 Å². The molecule has 22 heavy (non-hydrogen) atoms. The first kappa shape index (κ1) is 15.8. The molecule has 0 aliphatic rings. The quantitative estimate of drug-likeness (QED) is 0.721. The van der Waals surface area contributed by atoms with Gasteiger partial charge in [-0.15, -0.1) is 0 Å². The normalized spacial score (nSPS) is 10.5. The van der Waals surface area contributed by atoms with Crippen LogP contribution in [0.4, 0.5) is 5.69 Å². The van der Waals surface area contributed by atoms with Crippen molar-refractivity contribution in [1.29, 1.82) is 0 Å². The van der Waals surface area contributed by atoms with Crippen molar-refractivity contribution < 1.29 is 9.53 Å². The van der Waals surface area contributed by atoms with Gasteiger partial charge in [0.15, 0.2) is 5.82 Å². The number of nitrogens with zero attached hydrogens (tertiary/aromatic N) is 2. The summed E-state index contributed by atoms with van der Waals surface area (Å²) >= 11 is 0. The third-order valence-electron chi connectivity index (χ3n) is 2.90. The van der Waals surface area contributed by atoms with Gasteiger partial charge in [0, 0.05) is 11.7 Å². The number of benzene rings is 1. The molecule has 0 spiro atoms. The lowest BCUT2D eigenvalue weighted by molar-refractivity contribution is -0.121. The molecule has 7 nitrogen and oxygen atoms in total. The minimum Gasteiger partial charge on any atom is -0.497 e. The zero-order valence-corrected chi connectivity index (χ0v) is 13.0. The third kappa shape index (κ3) is 4.76. The Morgan fingerprint density at radius 1 is 1.32 bits per heavy atom. The van der Waals surface area contributed by atoms with Crippen LogP contribution in [0.5, 0.6) is 5.75 Å². The van der Waals surface area contributed by atoms with Crippen molar-refractivity contribution >= 4 is 11.6 Å². The Balaban J connectivity index is 1.85. The smallest absolute Gasteiger partial charge is 0.227 e. The summed E-state index contributed by atoms with van der Waals surface area (Å²) in [6.07, 6.45) is 0.178. The van der Waals surface area contributed by atoms with Gasteiger partial charge in [-0.05, 0) is 38.1 Å². The molecule has 0 radical (unpaired) electrons. The minimum absolute atomic E-state index is 0.0799. The molecule has 1 aromatic heterocycles. The first-order valence-corrected chi connectivity index (χ1v) is 7.14. The second-order valence-electron chi connectivity index (χ2n) is 5.18. The van der Waals surface area contributed by atoms with E-state index in [1.54, 1.807) is 7.11 Å². The van der Waals surface area contributed by atoms with Crippen LogP contribution in [0.2, 0.25) is 0 Å². The molecule has 0 saturated heterocycles. The molecule has 1 amide bonds. The first-order chi connectivity index (χ1) is 10.6. The van der Waals surface area contributed by atoms with E-state index >= 15 is 0 Å². The van der Waals surface area contributed by atoms with Crippen LogP contribution in [0, 0.1) is 0 Å². The molecule has 0 bridgehead atoms. The van der Waals surface area contributed by atoms with Crippen molar-refractivity contribution in [3.63, 3.8) is 0 Å². The number of ether oxygens (including phenoxy) is 1. The molecule has 0 aliphatic carbocycles. The lowest BCUT2D eigenvalue weighted by Crippen LogP contribution is -2.31. The van der Waals surface area contributed by atoms with Crippen LogP contribution in [0.25, 0.3) is 0 Å². The van der Waals surface area contributed by atoms with E-state index < -0.39 is 0 Å². The third-order valence-corrected chi connectivity index (χ3v) is 2.90. The highest BCUT2D eigenvalue weighted by Gasteiger charge is 2.09. The lowest BCUT2D eigenvalue weighted by atomic mass is 10.3. The van der Waals surface area contributed by atoms with Crippen LogP contribution in [-0.4, -0.2) is 34.2 Å². The summed E-state index contributed by atoms with van der Waals surface area (Å²) in [7, 11) is 1.63. The lowest BCUT2D eigenvalue weighted by Gasteiger charge is -2.06. The van der Waals surface area contributed by atoms with Gasteiger partial charge in [0.05, 0.1) is 20.1 Å². The fraction of sp³-hybridized carbons (Fsp3) is 0.400. The number of carbonyl (C=O) groups excluding carboxylic acids is 1. The molecule has 0 atom stereocenters. The molecule has 3 N–H and O–H groups in total. The molecule has 1 aromatic carbocycles. The van der Waals surface area contributed by atoms with Gasteiger partial charge in [0.1, 0.15) is 11.6 Å². The number of amides is 1. The molecular weight excluding hydrogens is 282 g/mol. The monoisotopic (exact) mass is 303 g/mol. The Kier molecular flexibility index (Phi) is 5.35. The van der Waals surface area contributed by atoms with Crippen molar-refractivity contribution in [3.05, 3.63) is 35.9 Å². The number of carbonyl (C=O) groups is 1. The summed E-state index contributed by atoms with van der Waals surface area (Å²) in [4.78, 5) is 15.9. The fourth-order valence-corrected chi connectivity index (χ4v) is 1.90. The summed E-state index contributed by atoms with van der Waals surface area (Å²) in [6.45, 7) is 4.34. The molecule has 118 valence electrons. The number of hydrogen-bond donors (Lipinski definition) is 3. The van der Waals surface area contributed by atoms with Gasteiger partial charge in [-0.3, -0.25) is 9.89 Å². The molecule has 2 aromatic rings. The highest BCUT2D eigenvalue weighted by molar-refractivity contribution is 5.77. The van der Waals surface area contributed by atoms with E-state index in [0.29, 0.717) is 18.2 Å². The van der Waals surface area contributed by atoms with Gasteiger partial charge in [-0.2, -0.15) is 5.10 Å². The van der Waals surface area contributed by atoms with Crippen molar-refractivity contribution in [2.24, 2.45) is 0 Å². The largest absolute Gasteiger partial charge is 0.497 e. The number of anilines is 1. The van der Waals surface area contributed by atoms with E-state index in [0.717, 1.165) is 11.4 Å². The van der Waals surface area contributed by atoms with Gasteiger partial charge in [-0.25, -0.2) is 4.98 Å². The predicted octanol–water partition coefficient (Wildman–Crippen LogP) is 1.49. The summed E-state index contributed by atoms with van der Waals surface area (Å²) < 4.78 is 5.11. The Hall–Kier alpha value is -2.57. The number of aromatic nitrogens is 3. The second-order valence-corrected chi connectivity index (χ2v) is 5.18. The number of H-pyrrole nitrogens is 1. The Bertz CT molecular complexity index is 607. The zero-order chi connectivity index (χ0) is 15.9. The van der Waals surface area contributed by atoms with Crippen LogP contribution in [-0.2, 0) is 17.8 Å². The van der Waals surface area contributed by atoms with E-state index in [-0.39, 0.29) is 18.4 Å². The molecule has 2 rings (SSSR count). The fourth-order valence-electron chi connectivity index (χ4n) is 1.90. The first-order valence-electron chi connectivity index (χ1n) is 7.14. The average Bonchev–Trinajstić information content (AvgIpc) is 2.92. The number of methoxy groups -OCH3 is 1. The maximum Gasteiger partial charge on any atom is 0.227 e. The standard InChI is InChI=1S/C15H21N5O2/c1-10(2)17-15(21)8-13-18-14(20-19-13)9-16-11-4-6-12(22-3)7-5-11/h4-7,10,16H,8-9H2,1-3H3,(H,17,21)(H,18,19,20). The average molecular weight is 303 g/mol. The molecule has 1 heterocycles. The van der Waals surface area contributed by atoms with Crippen LogP contribution >= 0.6 is 0 Å². The van der Waals surface area contributed by atoms with Crippen LogP contribution in [0.15, 0.2) is 24.3 Å². The predicted molar refractivity (Wildman–Crippen MR) is 83.7 cm³/mol. The van der Waals surface area contributed by atoms with Gasteiger partial charge in [0.25, 0.3) is 0 Å². The SMILES string of the molecule is COc1ccc(NCc2nc(CC(=O)NC(C)C)n[nH]2)cc1. The van der Waals surface area contributed by atoms with E-state index in [4.69, 9.17) is 4.74 Å². The molecule has 0 fully saturated rings. The summed E-state index contributed by atoms with van der Waals surface area (Å²) in [5.74, 6) is 1.90. The molecule has 0 unspecified atom stereocenters. The number of nitrogens with one attached hydrogen (secondary N) is 3. The van der Waals surface area contributed by atoms with Crippen molar-refractivity contribution in [3.8, 4) is 5.75 Å². The number of aromatic amines is 1. The highest BCUT2D eigenvalue weighted by Crippen LogP contribution is 2.15. The van der Waals surface area contributed by atoms with Crippen LogP contribution in [0.3, 0.4) is 0 Å². The minimum atomic E-state index is -0.0799. The topological polar surface area (TPSA) is 91.9 Å². The maximum atomic E-state index is 11.6. The van der Waals surface area contributed by atoms with E-state index in [1.165, 1.54) is 0 Å². The van der Waals surface area contributed by atoms with Gasteiger partial charge in [-0.1, -0.05) is 0 Å². The van der Waals surface area contributed by atoms with Crippen molar-refractivity contribution in [2.45, 2.75) is 32.9 Å². The zero-order valence-electron chi connectivity index (χ0n) is 13.0. The van der Waals surface area contributed by atoms with E-state index in [1.807, 2.05) is 38.1 Å². The van der Waals surface area contributed by atoms with Gasteiger partial charge in [0.2, 0.25) is 5.91 Å². The van der Waals surface area contributed by atoms with Crippen LogP contribution < -0.4 is 15.4 Å². The summed E-state index contributed by atoms with van der Waals surface area (Å²) in [6, 6.07) is 7.72. The van der Waals surface area contributed by atoms with Crippen LogP contribution in [0.1, 0.15) is 25.5 Å². The molecular formula is C15H21N5O2. The molecule has 0 saturated carbocycles. The maximum absolute atomic E-state index is 11.6. The summed E-state index contributed by atoms with van der Waals surface area (Å²) in [5, 5.41) is 12.9. The molecule has 0 aliphatic heterocycles. The number of hydrogen-bond acceptors (Lipinski definition) is 5. The van der Waals surface area contributed by atoms with E-state index in [2.05, 4.69) is 25.8 Å². The van der Waals surface area contributed by atoms with Crippen molar-refractivity contribution in [2.75, 3.05) is 12.4 Å². The van der Waals surface area contributed by atoms with Gasteiger partial charge >= 0.3 is 0 Å².